The monoisotopic (exact) mass is 275 g/mol. The fraction of sp³-hybridized carbons (Fsp3) is 0.588. The molecule has 0 radical (unpaired) electrons. The van der Waals surface area contributed by atoms with E-state index in [1.54, 1.807) is 0 Å². The van der Waals surface area contributed by atoms with Gasteiger partial charge < -0.3 is 4.74 Å². The van der Waals surface area contributed by atoms with Gasteiger partial charge in [0, 0.05) is 18.5 Å². The zero-order valence-corrected chi connectivity index (χ0v) is 12.4. The topological polar surface area (TPSA) is 29.5 Å². The van der Waals surface area contributed by atoms with E-state index in [0.717, 1.165) is 30.9 Å². The van der Waals surface area contributed by atoms with Crippen molar-refractivity contribution in [1.29, 1.82) is 0 Å². The highest BCUT2D eigenvalue weighted by atomic mass is 16.5. The van der Waals surface area contributed by atoms with Crippen LogP contribution in [0.5, 0.6) is 5.75 Å². The SMILES string of the molecule is CCCC(=O)c1ccc(OCCN2CCCCC2)cc1. The number of Topliss-reactive ketones (excluding diaryl/α,β-unsaturated/α-hetero) is 1. The molecule has 0 aromatic heterocycles. The average molecular weight is 275 g/mol. The van der Waals surface area contributed by atoms with E-state index < -0.39 is 0 Å². The third-order valence-electron chi connectivity index (χ3n) is 3.78. The van der Waals surface area contributed by atoms with Gasteiger partial charge in [0.2, 0.25) is 0 Å². The largest absolute Gasteiger partial charge is 0.492 e. The molecule has 1 aliphatic rings. The van der Waals surface area contributed by atoms with Gasteiger partial charge in [-0.3, -0.25) is 9.69 Å². The second-order valence-electron chi connectivity index (χ2n) is 5.45. The minimum atomic E-state index is 0.215. The smallest absolute Gasteiger partial charge is 0.162 e. The zero-order chi connectivity index (χ0) is 14.2. The van der Waals surface area contributed by atoms with E-state index >= 15 is 0 Å². The highest BCUT2D eigenvalue weighted by Gasteiger charge is 2.09. The molecule has 1 aromatic rings. The number of ether oxygens (including phenoxy) is 1. The summed E-state index contributed by atoms with van der Waals surface area (Å²) in [6.45, 7) is 6.15. The fourth-order valence-corrected chi connectivity index (χ4v) is 2.58. The number of benzene rings is 1. The lowest BCUT2D eigenvalue weighted by atomic mass is 10.1. The summed E-state index contributed by atoms with van der Waals surface area (Å²) in [6, 6.07) is 7.54. The van der Waals surface area contributed by atoms with Crippen molar-refractivity contribution in [2.75, 3.05) is 26.2 Å². The van der Waals surface area contributed by atoms with Crippen LogP contribution in [0.25, 0.3) is 0 Å². The molecular weight excluding hydrogens is 250 g/mol. The number of ketones is 1. The molecule has 0 amide bonds. The van der Waals surface area contributed by atoms with Gasteiger partial charge in [-0.2, -0.15) is 0 Å². The molecule has 1 fully saturated rings. The van der Waals surface area contributed by atoms with Crippen LogP contribution in [0.15, 0.2) is 24.3 Å². The lowest BCUT2D eigenvalue weighted by Gasteiger charge is -2.26. The Kier molecular flexibility index (Phi) is 6.06. The van der Waals surface area contributed by atoms with E-state index in [0.29, 0.717) is 6.42 Å². The van der Waals surface area contributed by atoms with Crippen LogP contribution in [-0.2, 0) is 0 Å². The minimum Gasteiger partial charge on any atom is -0.492 e. The molecule has 0 bridgehead atoms. The number of carbonyl (C=O) groups is 1. The highest BCUT2D eigenvalue weighted by molar-refractivity contribution is 5.96. The van der Waals surface area contributed by atoms with Crippen molar-refractivity contribution in [1.82, 2.24) is 4.90 Å². The number of carbonyl (C=O) groups excluding carboxylic acids is 1. The van der Waals surface area contributed by atoms with Crippen molar-refractivity contribution in [3.8, 4) is 5.75 Å². The van der Waals surface area contributed by atoms with Crippen LogP contribution in [0.1, 0.15) is 49.4 Å². The first-order chi connectivity index (χ1) is 9.79. The molecule has 3 heteroatoms. The summed E-state index contributed by atoms with van der Waals surface area (Å²) in [5, 5.41) is 0. The molecule has 0 aliphatic carbocycles. The van der Waals surface area contributed by atoms with Crippen molar-refractivity contribution in [2.24, 2.45) is 0 Å². The molecule has 110 valence electrons. The lowest BCUT2D eigenvalue weighted by Crippen LogP contribution is -2.33. The number of likely N-dealkylation sites (tertiary alicyclic amines) is 1. The summed E-state index contributed by atoms with van der Waals surface area (Å²) in [6.07, 6.45) is 5.51. The summed E-state index contributed by atoms with van der Waals surface area (Å²) in [5.74, 6) is 1.07. The molecule has 0 spiro atoms. The maximum absolute atomic E-state index is 11.7. The van der Waals surface area contributed by atoms with Crippen molar-refractivity contribution in [2.45, 2.75) is 39.0 Å². The van der Waals surface area contributed by atoms with Gasteiger partial charge in [0.1, 0.15) is 12.4 Å². The Bertz CT molecular complexity index is 408. The number of rotatable bonds is 7. The van der Waals surface area contributed by atoms with Crippen LogP contribution in [0.3, 0.4) is 0 Å². The van der Waals surface area contributed by atoms with Crippen molar-refractivity contribution < 1.29 is 9.53 Å². The van der Waals surface area contributed by atoms with Crippen molar-refractivity contribution >= 4 is 5.78 Å². The van der Waals surface area contributed by atoms with Gasteiger partial charge in [0.15, 0.2) is 5.78 Å². The van der Waals surface area contributed by atoms with E-state index in [4.69, 9.17) is 4.74 Å². The molecule has 0 unspecified atom stereocenters. The summed E-state index contributed by atoms with van der Waals surface area (Å²) >= 11 is 0. The molecule has 2 rings (SSSR count). The number of hydrogen-bond donors (Lipinski definition) is 0. The summed E-state index contributed by atoms with van der Waals surface area (Å²) in [5.41, 5.74) is 0.787. The van der Waals surface area contributed by atoms with Crippen molar-refractivity contribution in [3.05, 3.63) is 29.8 Å². The summed E-state index contributed by atoms with van der Waals surface area (Å²) < 4.78 is 5.75. The molecule has 1 saturated heterocycles. The Balaban J connectivity index is 1.74. The lowest BCUT2D eigenvalue weighted by molar-refractivity contribution is 0.0981. The zero-order valence-electron chi connectivity index (χ0n) is 12.4. The molecule has 0 saturated carbocycles. The van der Waals surface area contributed by atoms with Crippen LogP contribution < -0.4 is 4.74 Å². The maximum atomic E-state index is 11.7. The van der Waals surface area contributed by atoms with Gasteiger partial charge in [0.05, 0.1) is 0 Å². The van der Waals surface area contributed by atoms with Crippen LogP contribution in [0.4, 0.5) is 0 Å². The van der Waals surface area contributed by atoms with E-state index in [1.165, 1.54) is 32.4 Å². The predicted octanol–water partition coefficient (Wildman–Crippen LogP) is 3.53. The highest BCUT2D eigenvalue weighted by Crippen LogP contribution is 2.14. The summed E-state index contributed by atoms with van der Waals surface area (Å²) in [7, 11) is 0. The third-order valence-corrected chi connectivity index (χ3v) is 3.78. The standard InChI is InChI=1S/C17H25NO2/c1-2-6-17(19)15-7-9-16(10-8-15)20-14-13-18-11-4-3-5-12-18/h7-10H,2-6,11-14H2,1H3. The molecule has 1 aromatic carbocycles. The van der Waals surface area contributed by atoms with Crippen LogP contribution in [0.2, 0.25) is 0 Å². The maximum Gasteiger partial charge on any atom is 0.162 e. The van der Waals surface area contributed by atoms with Crippen LogP contribution in [0, 0.1) is 0 Å². The minimum absolute atomic E-state index is 0.215. The normalized spacial score (nSPS) is 16.1. The van der Waals surface area contributed by atoms with E-state index in [-0.39, 0.29) is 5.78 Å². The first kappa shape index (κ1) is 15.0. The van der Waals surface area contributed by atoms with Crippen LogP contribution in [-0.4, -0.2) is 36.9 Å². The van der Waals surface area contributed by atoms with Gasteiger partial charge >= 0.3 is 0 Å². The molecule has 0 N–H and O–H groups in total. The Hall–Kier alpha value is -1.35. The van der Waals surface area contributed by atoms with Gasteiger partial charge in [-0.15, -0.1) is 0 Å². The van der Waals surface area contributed by atoms with Gasteiger partial charge in [0.25, 0.3) is 0 Å². The predicted molar refractivity (Wildman–Crippen MR) is 81.5 cm³/mol. The molecule has 20 heavy (non-hydrogen) atoms. The van der Waals surface area contributed by atoms with Gasteiger partial charge in [-0.05, 0) is 56.6 Å². The average Bonchev–Trinajstić information content (AvgIpc) is 2.49. The van der Waals surface area contributed by atoms with E-state index in [9.17, 15) is 4.79 Å². The Morgan fingerprint density at radius 3 is 2.50 bits per heavy atom. The Labute approximate surface area is 121 Å². The summed E-state index contributed by atoms with van der Waals surface area (Å²) in [4.78, 5) is 14.2. The Morgan fingerprint density at radius 2 is 1.85 bits per heavy atom. The first-order valence-electron chi connectivity index (χ1n) is 7.78. The molecule has 3 nitrogen and oxygen atoms in total. The molecule has 0 atom stereocenters. The second kappa shape index (κ2) is 8.05. The van der Waals surface area contributed by atoms with Crippen LogP contribution >= 0.6 is 0 Å². The fourth-order valence-electron chi connectivity index (χ4n) is 2.58. The molecular formula is C17H25NO2. The Morgan fingerprint density at radius 1 is 1.15 bits per heavy atom. The van der Waals surface area contributed by atoms with E-state index in [2.05, 4.69) is 4.90 Å². The van der Waals surface area contributed by atoms with E-state index in [1.807, 2.05) is 31.2 Å². The second-order valence-corrected chi connectivity index (χ2v) is 5.45. The number of piperidine rings is 1. The molecule has 1 aliphatic heterocycles. The third kappa shape index (κ3) is 4.64. The molecule has 1 heterocycles. The van der Waals surface area contributed by atoms with Gasteiger partial charge in [-0.25, -0.2) is 0 Å². The number of hydrogen-bond acceptors (Lipinski definition) is 3. The number of nitrogens with zero attached hydrogens (tertiary/aromatic N) is 1. The van der Waals surface area contributed by atoms with Crippen molar-refractivity contribution in [3.63, 3.8) is 0 Å². The quantitative estimate of drug-likeness (QED) is 0.713. The van der Waals surface area contributed by atoms with Gasteiger partial charge in [-0.1, -0.05) is 13.3 Å². The first-order valence-corrected chi connectivity index (χ1v) is 7.78.